The van der Waals surface area contributed by atoms with Crippen LogP contribution >= 0.6 is 11.8 Å². The van der Waals surface area contributed by atoms with Crippen molar-refractivity contribution in [3.63, 3.8) is 0 Å². The topological polar surface area (TPSA) is 43.4 Å². The number of ketones is 1. The first-order chi connectivity index (χ1) is 8.24. The molecule has 0 N–H and O–H groups in total. The van der Waals surface area contributed by atoms with Crippen molar-refractivity contribution in [3.8, 4) is 0 Å². The molecule has 0 radical (unpaired) electrons. The maximum atomic E-state index is 11.9. The van der Waals surface area contributed by atoms with Gasteiger partial charge in [0.25, 0.3) is 5.78 Å². The van der Waals surface area contributed by atoms with Gasteiger partial charge in [-0.1, -0.05) is 12.1 Å². The molecule has 1 heterocycles. The number of aryl methyl sites for hydroxylation is 1. The van der Waals surface area contributed by atoms with Gasteiger partial charge in [-0.25, -0.2) is 4.79 Å². The molecule has 1 aliphatic heterocycles. The second kappa shape index (κ2) is 5.36. The molecular formula is C13H14O3S. The van der Waals surface area contributed by atoms with Crippen LogP contribution in [0.4, 0.5) is 0 Å². The molecule has 3 nitrogen and oxygen atoms in total. The third-order valence-corrected chi connectivity index (χ3v) is 3.90. The predicted octanol–water partition coefficient (Wildman–Crippen LogP) is 2.47. The Morgan fingerprint density at radius 1 is 1.41 bits per heavy atom. The summed E-state index contributed by atoms with van der Waals surface area (Å²) in [6, 6.07) is 5.55. The van der Waals surface area contributed by atoms with Crippen LogP contribution < -0.4 is 0 Å². The van der Waals surface area contributed by atoms with E-state index in [0.717, 1.165) is 29.1 Å². The lowest BCUT2D eigenvalue weighted by molar-refractivity contribution is -0.137. The van der Waals surface area contributed by atoms with Crippen molar-refractivity contribution < 1.29 is 14.3 Å². The van der Waals surface area contributed by atoms with Crippen LogP contribution in [-0.4, -0.2) is 24.1 Å². The van der Waals surface area contributed by atoms with Crippen molar-refractivity contribution in [3.05, 3.63) is 29.3 Å². The molecule has 17 heavy (non-hydrogen) atoms. The number of esters is 1. The van der Waals surface area contributed by atoms with Crippen molar-refractivity contribution in [1.29, 1.82) is 0 Å². The van der Waals surface area contributed by atoms with Gasteiger partial charge in [0.1, 0.15) is 0 Å². The molecule has 0 aromatic heterocycles. The van der Waals surface area contributed by atoms with E-state index in [1.165, 1.54) is 0 Å². The van der Waals surface area contributed by atoms with Crippen LogP contribution in [0.3, 0.4) is 0 Å². The quantitative estimate of drug-likeness (QED) is 0.469. The highest BCUT2D eigenvalue weighted by atomic mass is 32.2. The molecule has 1 aliphatic rings. The van der Waals surface area contributed by atoms with Crippen molar-refractivity contribution in [2.24, 2.45) is 0 Å². The van der Waals surface area contributed by atoms with E-state index in [4.69, 9.17) is 4.74 Å². The zero-order valence-corrected chi connectivity index (χ0v) is 10.5. The van der Waals surface area contributed by atoms with Crippen LogP contribution in [0.25, 0.3) is 0 Å². The summed E-state index contributed by atoms with van der Waals surface area (Å²) in [5.74, 6) is -0.287. The number of rotatable bonds is 3. The van der Waals surface area contributed by atoms with E-state index in [9.17, 15) is 9.59 Å². The van der Waals surface area contributed by atoms with Gasteiger partial charge in [0, 0.05) is 10.5 Å². The SMILES string of the molecule is CCOC(=O)C(=O)c1cccc2c1SCCC2. The molecule has 0 unspecified atom stereocenters. The van der Waals surface area contributed by atoms with E-state index in [0.29, 0.717) is 5.56 Å². The molecular weight excluding hydrogens is 236 g/mol. The van der Waals surface area contributed by atoms with E-state index in [1.54, 1.807) is 24.8 Å². The van der Waals surface area contributed by atoms with Crippen LogP contribution in [0.5, 0.6) is 0 Å². The van der Waals surface area contributed by atoms with Crippen molar-refractivity contribution in [2.45, 2.75) is 24.7 Å². The minimum absolute atomic E-state index is 0.229. The van der Waals surface area contributed by atoms with Crippen molar-refractivity contribution >= 4 is 23.5 Å². The summed E-state index contributed by atoms with van der Waals surface area (Å²) < 4.78 is 4.75. The predicted molar refractivity (Wildman–Crippen MR) is 66.5 cm³/mol. The molecule has 1 aromatic carbocycles. The Bertz CT molecular complexity index is 454. The molecule has 2 rings (SSSR count). The zero-order chi connectivity index (χ0) is 12.3. The average molecular weight is 250 g/mol. The fraction of sp³-hybridized carbons (Fsp3) is 0.385. The lowest BCUT2D eigenvalue weighted by Crippen LogP contribution is -2.19. The molecule has 0 bridgehead atoms. The van der Waals surface area contributed by atoms with Gasteiger partial charge < -0.3 is 4.74 Å². The number of fused-ring (bicyclic) bond motifs is 1. The molecule has 0 amide bonds. The van der Waals surface area contributed by atoms with Crippen LogP contribution in [0.15, 0.2) is 23.1 Å². The van der Waals surface area contributed by atoms with Crippen LogP contribution in [0.1, 0.15) is 29.3 Å². The second-order valence-electron chi connectivity index (χ2n) is 3.80. The number of Topliss-reactive ketones (excluding diaryl/α,β-unsaturated/α-hetero) is 1. The van der Waals surface area contributed by atoms with Gasteiger partial charge in [0.15, 0.2) is 0 Å². The molecule has 4 heteroatoms. The summed E-state index contributed by atoms with van der Waals surface area (Å²) in [5.41, 5.74) is 1.65. The molecule has 90 valence electrons. The molecule has 0 spiro atoms. The fourth-order valence-corrected chi connectivity index (χ4v) is 3.04. The molecule has 0 aliphatic carbocycles. The second-order valence-corrected chi connectivity index (χ2v) is 4.90. The van der Waals surface area contributed by atoms with E-state index in [-0.39, 0.29) is 6.61 Å². The van der Waals surface area contributed by atoms with Gasteiger partial charge in [-0.15, -0.1) is 11.8 Å². The summed E-state index contributed by atoms with van der Waals surface area (Å²) in [6.45, 7) is 1.92. The summed E-state index contributed by atoms with van der Waals surface area (Å²) in [5, 5.41) is 0. The smallest absolute Gasteiger partial charge is 0.379 e. The van der Waals surface area contributed by atoms with Gasteiger partial charge in [0.2, 0.25) is 0 Å². The Balaban J connectivity index is 2.32. The van der Waals surface area contributed by atoms with E-state index in [1.807, 2.05) is 12.1 Å². The van der Waals surface area contributed by atoms with E-state index in [2.05, 4.69) is 0 Å². The minimum atomic E-state index is -0.757. The third-order valence-electron chi connectivity index (χ3n) is 2.64. The largest absolute Gasteiger partial charge is 0.460 e. The molecule has 0 atom stereocenters. The number of hydrogen-bond acceptors (Lipinski definition) is 4. The van der Waals surface area contributed by atoms with Gasteiger partial charge in [-0.3, -0.25) is 4.79 Å². The lowest BCUT2D eigenvalue weighted by Gasteiger charge is -2.17. The summed E-state index contributed by atoms with van der Waals surface area (Å²) in [4.78, 5) is 24.3. The number of thioether (sulfide) groups is 1. The number of hydrogen-bond donors (Lipinski definition) is 0. The Morgan fingerprint density at radius 3 is 3.00 bits per heavy atom. The molecule has 0 saturated heterocycles. The first-order valence-electron chi connectivity index (χ1n) is 5.70. The fourth-order valence-electron chi connectivity index (χ4n) is 1.87. The lowest BCUT2D eigenvalue weighted by atomic mass is 10.0. The minimum Gasteiger partial charge on any atom is -0.460 e. The van der Waals surface area contributed by atoms with Crippen LogP contribution in [0, 0.1) is 0 Å². The molecule has 1 aromatic rings. The summed E-state index contributed by atoms with van der Waals surface area (Å²) >= 11 is 1.65. The van der Waals surface area contributed by atoms with Crippen molar-refractivity contribution in [1.82, 2.24) is 0 Å². The van der Waals surface area contributed by atoms with Crippen LogP contribution in [-0.2, 0) is 16.0 Å². The highest BCUT2D eigenvalue weighted by Crippen LogP contribution is 2.33. The number of benzene rings is 1. The Hall–Kier alpha value is -1.29. The average Bonchev–Trinajstić information content (AvgIpc) is 2.37. The maximum absolute atomic E-state index is 11.9. The van der Waals surface area contributed by atoms with Crippen LogP contribution in [0.2, 0.25) is 0 Å². The van der Waals surface area contributed by atoms with Gasteiger partial charge in [0.05, 0.1) is 6.61 Å². The van der Waals surface area contributed by atoms with E-state index >= 15 is 0 Å². The highest BCUT2D eigenvalue weighted by Gasteiger charge is 2.23. The third kappa shape index (κ3) is 2.52. The zero-order valence-electron chi connectivity index (χ0n) is 9.69. The number of carbonyl (C=O) groups excluding carboxylic acids is 2. The van der Waals surface area contributed by atoms with E-state index < -0.39 is 11.8 Å². The summed E-state index contributed by atoms with van der Waals surface area (Å²) in [7, 11) is 0. The first kappa shape index (κ1) is 12.2. The van der Waals surface area contributed by atoms with Crippen molar-refractivity contribution in [2.75, 3.05) is 12.4 Å². The Kier molecular flexibility index (Phi) is 3.84. The van der Waals surface area contributed by atoms with Gasteiger partial charge in [-0.2, -0.15) is 0 Å². The Morgan fingerprint density at radius 2 is 2.24 bits per heavy atom. The highest BCUT2D eigenvalue weighted by molar-refractivity contribution is 7.99. The monoisotopic (exact) mass is 250 g/mol. The van der Waals surface area contributed by atoms with Gasteiger partial charge >= 0.3 is 5.97 Å². The summed E-state index contributed by atoms with van der Waals surface area (Å²) in [6.07, 6.45) is 2.10. The number of ether oxygens (including phenoxy) is 1. The normalized spacial score (nSPS) is 13.9. The van der Waals surface area contributed by atoms with Gasteiger partial charge in [-0.05, 0) is 37.1 Å². The first-order valence-corrected chi connectivity index (χ1v) is 6.68. The molecule has 0 saturated carbocycles. The number of carbonyl (C=O) groups is 2. The maximum Gasteiger partial charge on any atom is 0.379 e. The Labute approximate surface area is 105 Å². The standard InChI is InChI=1S/C13H14O3S/c1-2-16-13(15)11(14)10-7-3-5-9-6-4-8-17-12(9)10/h3,5,7H,2,4,6,8H2,1H3. The molecule has 0 fully saturated rings.